The Balaban J connectivity index is 1.31. The van der Waals surface area contributed by atoms with Gasteiger partial charge >= 0.3 is 5.97 Å². The van der Waals surface area contributed by atoms with Crippen molar-refractivity contribution in [2.24, 2.45) is 0 Å². The van der Waals surface area contributed by atoms with Gasteiger partial charge in [0.1, 0.15) is 0 Å². The lowest BCUT2D eigenvalue weighted by molar-refractivity contribution is -0.137. The molecule has 0 N–H and O–H groups in total. The van der Waals surface area contributed by atoms with Gasteiger partial charge in [-0.2, -0.15) is 0 Å². The highest BCUT2D eigenvalue weighted by Crippen LogP contribution is 2.33. The molecule has 2 heterocycles. The summed E-state index contributed by atoms with van der Waals surface area (Å²) in [6, 6.07) is 29.8. The van der Waals surface area contributed by atoms with Crippen LogP contribution < -0.4 is 0 Å². The van der Waals surface area contributed by atoms with Gasteiger partial charge in [-0.1, -0.05) is 84.6 Å². The van der Waals surface area contributed by atoms with Gasteiger partial charge in [-0.15, -0.1) is 11.3 Å². The average Bonchev–Trinajstić information content (AvgIpc) is 3.36. The molecule has 4 aromatic rings. The molecule has 37 heavy (non-hydrogen) atoms. The molecular formula is C30H31N3O2S2. The van der Waals surface area contributed by atoms with E-state index in [2.05, 4.69) is 76.5 Å². The molecule has 0 radical (unpaired) electrons. The van der Waals surface area contributed by atoms with Gasteiger partial charge in [0.25, 0.3) is 0 Å². The van der Waals surface area contributed by atoms with Crippen LogP contribution in [0.4, 0.5) is 0 Å². The second-order valence-corrected chi connectivity index (χ2v) is 11.1. The van der Waals surface area contributed by atoms with Crippen LogP contribution in [0.15, 0.2) is 101 Å². The quantitative estimate of drug-likeness (QED) is 0.145. The number of aromatic nitrogens is 1. The molecule has 0 spiro atoms. The Labute approximate surface area is 226 Å². The summed E-state index contributed by atoms with van der Waals surface area (Å²) in [6.45, 7) is 5.72. The van der Waals surface area contributed by atoms with Crippen LogP contribution in [-0.2, 0) is 9.53 Å². The van der Waals surface area contributed by atoms with Crippen LogP contribution >= 0.6 is 23.1 Å². The predicted octanol–water partition coefficient (Wildman–Crippen LogP) is 6.24. The van der Waals surface area contributed by atoms with Crippen LogP contribution in [0.25, 0.3) is 10.2 Å². The molecule has 5 rings (SSSR count). The molecule has 1 aliphatic rings. The second kappa shape index (κ2) is 12.4. The minimum Gasteiger partial charge on any atom is -0.463 e. The van der Waals surface area contributed by atoms with E-state index in [1.165, 1.54) is 15.8 Å². The van der Waals surface area contributed by atoms with Gasteiger partial charge in [-0.3, -0.25) is 4.90 Å². The van der Waals surface area contributed by atoms with Crippen molar-refractivity contribution in [3.05, 3.63) is 108 Å². The number of thioether (sulfide) groups is 1. The SMILES string of the molecule is CCOC(=O)/C=C(/CSc1nc2ccccc2s1)N1CCN(C(c2ccccc2)c2ccccc2)CC1. The largest absolute Gasteiger partial charge is 0.463 e. The monoisotopic (exact) mass is 529 g/mol. The Bertz CT molecular complexity index is 1260. The summed E-state index contributed by atoms with van der Waals surface area (Å²) < 4.78 is 7.46. The number of rotatable bonds is 9. The molecule has 0 bridgehead atoms. The van der Waals surface area contributed by atoms with Crippen LogP contribution in [0, 0.1) is 0 Å². The van der Waals surface area contributed by atoms with E-state index in [1.807, 2.05) is 25.1 Å². The van der Waals surface area contributed by atoms with Gasteiger partial charge in [0.2, 0.25) is 0 Å². The van der Waals surface area contributed by atoms with E-state index in [9.17, 15) is 4.79 Å². The van der Waals surface area contributed by atoms with E-state index in [0.29, 0.717) is 12.4 Å². The lowest BCUT2D eigenvalue weighted by Crippen LogP contribution is -2.47. The fourth-order valence-electron chi connectivity index (χ4n) is 4.74. The first kappa shape index (κ1) is 25.5. The third kappa shape index (κ3) is 6.42. The minimum absolute atomic E-state index is 0.208. The number of esters is 1. The third-order valence-electron chi connectivity index (χ3n) is 6.51. The number of ether oxygens (including phenoxy) is 1. The van der Waals surface area contributed by atoms with Gasteiger partial charge in [-0.25, -0.2) is 9.78 Å². The van der Waals surface area contributed by atoms with E-state index in [-0.39, 0.29) is 12.0 Å². The minimum atomic E-state index is -0.281. The van der Waals surface area contributed by atoms with Crippen molar-refractivity contribution in [3.63, 3.8) is 0 Å². The van der Waals surface area contributed by atoms with Crippen LogP contribution in [0.1, 0.15) is 24.1 Å². The summed E-state index contributed by atoms with van der Waals surface area (Å²) >= 11 is 3.38. The second-order valence-electron chi connectivity index (χ2n) is 8.87. The molecule has 5 nitrogen and oxygen atoms in total. The Hall–Kier alpha value is -3.13. The van der Waals surface area contributed by atoms with Gasteiger partial charge in [0, 0.05) is 43.7 Å². The number of hydrogen-bond donors (Lipinski definition) is 0. The molecule has 0 amide bonds. The van der Waals surface area contributed by atoms with E-state index >= 15 is 0 Å². The number of carbonyl (C=O) groups excluding carboxylic acids is 1. The Morgan fingerprint density at radius 2 is 1.57 bits per heavy atom. The number of carbonyl (C=O) groups is 1. The summed E-state index contributed by atoms with van der Waals surface area (Å²) in [4.78, 5) is 22.1. The summed E-state index contributed by atoms with van der Waals surface area (Å²) in [5, 5.41) is 0. The van der Waals surface area contributed by atoms with Crippen molar-refractivity contribution in [3.8, 4) is 0 Å². The predicted molar refractivity (Wildman–Crippen MR) is 153 cm³/mol. The molecule has 0 aliphatic carbocycles. The van der Waals surface area contributed by atoms with Crippen molar-refractivity contribution >= 4 is 39.3 Å². The van der Waals surface area contributed by atoms with Crippen molar-refractivity contribution in [2.45, 2.75) is 17.3 Å². The molecule has 3 aromatic carbocycles. The van der Waals surface area contributed by atoms with Gasteiger partial charge in [-0.05, 0) is 30.2 Å². The molecule has 7 heteroatoms. The molecule has 0 atom stereocenters. The van der Waals surface area contributed by atoms with Crippen molar-refractivity contribution in [2.75, 3.05) is 38.5 Å². The van der Waals surface area contributed by atoms with Crippen molar-refractivity contribution in [1.29, 1.82) is 0 Å². The molecule has 1 aromatic heterocycles. The maximum atomic E-state index is 12.4. The highest BCUT2D eigenvalue weighted by molar-refractivity contribution is 8.01. The molecule has 1 fully saturated rings. The zero-order chi connectivity index (χ0) is 25.5. The van der Waals surface area contributed by atoms with Gasteiger partial charge < -0.3 is 9.64 Å². The third-order valence-corrected chi connectivity index (χ3v) is 8.72. The zero-order valence-electron chi connectivity index (χ0n) is 21.0. The first-order valence-corrected chi connectivity index (χ1v) is 14.5. The zero-order valence-corrected chi connectivity index (χ0v) is 22.6. The first-order chi connectivity index (χ1) is 18.2. The smallest absolute Gasteiger partial charge is 0.332 e. The summed E-state index contributed by atoms with van der Waals surface area (Å²) in [7, 11) is 0. The highest BCUT2D eigenvalue weighted by atomic mass is 32.2. The highest BCUT2D eigenvalue weighted by Gasteiger charge is 2.27. The van der Waals surface area contributed by atoms with Crippen LogP contribution in [0.5, 0.6) is 0 Å². The number of piperazine rings is 1. The molecule has 0 saturated carbocycles. The fraction of sp³-hybridized carbons (Fsp3) is 0.267. The maximum Gasteiger partial charge on any atom is 0.332 e. The summed E-state index contributed by atoms with van der Waals surface area (Å²) in [6.07, 6.45) is 1.67. The molecule has 1 saturated heterocycles. The number of nitrogens with zero attached hydrogens (tertiary/aromatic N) is 3. The van der Waals surface area contributed by atoms with Crippen molar-refractivity contribution in [1.82, 2.24) is 14.8 Å². The standard InChI is InChI=1S/C30H31N3O2S2/c1-2-35-28(34)21-25(22-36-30-31-26-15-9-10-16-27(26)37-30)32-17-19-33(20-18-32)29(23-11-5-3-6-12-23)24-13-7-4-8-14-24/h3-16,21,29H,2,17-20,22H2,1H3/b25-21-. The molecule has 1 aliphatic heterocycles. The normalized spacial score (nSPS) is 14.9. The Kier molecular flexibility index (Phi) is 8.56. The lowest BCUT2D eigenvalue weighted by atomic mass is 9.96. The maximum absolute atomic E-state index is 12.4. The molecular weight excluding hydrogens is 498 g/mol. The van der Waals surface area contributed by atoms with Gasteiger partial charge in [0.15, 0.2) is 4.34 Å². The number of benzene rings is 3. The van der Waals surface area contributed by atoms with Gasteiger partial charge in [0.05, 0.1) is 22.9 Å². The topological polar surface area (TPSA) is 45.7 Å². The van der Waals surface area contributed by atoms with Crippen LogP contribution in [-0.4, -0.2) is 59.3 Å². The average molecular weight is 530 g/mol. The Morgan fingerprint density at radius 3 is 2.19 bits per heavy atom. The first-order valence-electron chi connectivity index (χ1n) is 12.7. The van der Waals surface area contributed by atoms with Crippen molar-refractivity contribution < 1.29 is 9.53 Å². The van der Waals surface area contributed by atoms with E-state index < -0.39 is 0 Å². The Morgan fingerprint density at radius 1 is 0.946 bits per heavy atom. The van der Waals surface area contributed by atoms with E-state index in [1.54, 1.807) is 29.2 Å². The summed E-state index contributed by atoms with van der Waals surface area (Å²) in [5.41, 5.74) is 4.62. The van der Waals surface area contributed by atoms with Crippen LogP contribution in [0.3, 0.4) is 0 Å². The number of hydrogen-bond acceptors (Lipinski definition) is 7. The summed E-state index contributed by atoms with van der Waals surface area (Å²) in [5.74, 6) is 0.399. The number of fused-ring (bicyclic) bond motifs is 1. The number of thiazole rings is 1. The number of para-hydroxylation sites is 1. The van der Waals surface area contributed by atoms with Crippen LogP contribution in [0.2, 0.25) is 0 Å². The lowest BCUT2D eigenvalue weighted by Gasteiger charge is -2.41. The molecule has 190 valence electrons. The molecule has 0 unspecified atom stereocenters. The van der Waals surface area contributed by atoms with E-state index in [0.717, 1.165) is 41.7 Å². The fourth-order valence-corrected chi connectivity index (χ4v) is 6.82. The van der Waals surface area contributed by atoms with E-state index in [4.69, 9.17) is 9.72 Å².